The number of nitrogens with one attached hydrogen (secondary N) is 2. The van der Waals surface area contributed by atoms with E-state index >= 15 is 0 Å². The van der Waals surface area contributed by atoms with Crippen LogP contribution < -0.4 is 14.8 Å². The van der Waals surface area contributed by atoms with Gasteiger partial charge in [-0.15, -0.1) is 0 Å². The predicted octanol–water partition coefficient (Wildman–Crippen LogP) is 4.50. The van der Waals surface area contributed by atoms with E-state index in [1.807, 2.05) is 19.1 Å². The number of hydrogen-bond donors (Lipinski definition) is 2. The first kappa shape index (κ1) is 23.3. The second-order valence-corrected chi connectivity index (χ2v) is 9.21. The van der Waals surface area contributed by atoms with Gasteiger partial charge in [0.25, 0.3) is 15.9 Å². The van der Waals surface area contributed by atoms with Crippen molar-refractivity contribution in [3.63, 3.8) is 0 Å². The van der Waals surface area contributed by atoms with Gasteiger partial charge < -0.3 is 10.1 Å². The van der Waals surface area contributed by atoms with E-state index in [-0.39, 0.29) is 29.3 Å². The summed E-state index contributed by atoms with van der Waals surface area (Å²) in [6.45, 7) is 5.18. The van der Waals surface area contributed by atoms with E-state index < -0.39 is 10.0 Å². The van der Waals surface area contributed by atoms with Crippen LogP contribution in [0.4, 0.5) is 10.1 Å². The van der Waals surface area contributed by atoms with Crippen LogP contribution in [-0.2, 0) is 14.8 Å². The van der Waals surface area contributed by atoms with Crippen molar-refractivity contribution in [2.24, 2.45) is 0 Å². The number of halogens is 1. The van der Waals surface area contributed by atoms with E-state index in [0.29, 0.717) is 17.0 Å². The maximum Gasteiger partial charge on any atom is 0.261 e. The Kier molecular flexibility index (Phi) is 7.15. The summed E-state index contributed by atoms with van der Waals surface area (Å²) in [6, 6.07) is 17.0. The SMILES string of the molecule is Cc1ccc(NS(=O)(=O)c2ccc(OCC(=O)NC(C)c3ccc(F)cc3)c(C)c2)cc1. The highest BCUT2D eigenvalue weighted by molar-refractivity contribution is 7.92. The summed E-state index contributed by atoms with van der Waals surface area (Å²) in [4.78, 5) is 12.3. The van der Waals surface area contributed by atoms with Gasteiger partial charge in [-0.25, -0.2) is 12.8 Å². The van der Waals surface area contributed by atoms with E-state index in [0.717, 1.165) is 11.1 Å². The van der Waals surface area contributed by atoms with Gasteiger partial charge in [0.2, 0.25) is 0 Å². The third-order valence-electron chi connectivity index (χ3n) is 4.87. The number of anilines is 1. The van der Waals surface area contributed by atoms with Gasteiger partial charge in [0.1, 0.15) is 11.6 Å². The molecule has 3 aromatic rings. The van der Waals surface area contributed by atoms with Crippen LogP contribution in [0.15, 0.2) is 71.6 Å². The summed E-state index contributed by atoms with van der Waals surface area (Å²) < 4.78 is 46.5. The fraction of sp³-hybridized carbons (Fsp3) is 0.208. The normalized spacial score (nSPS) is 12.1. The minimum Gasteiger partial charge on any atom is -0.484 e. The van der Waals surface area contributed by atoms with E-state index in [1.54, 1.807) is 38.1 Å². The van der Waals surface area contributed by atoms with Gasteiger partial charge in [-0.3, -0.25) is 9.52 Å². The summed E-state index contributed by atoms with van der Waals surface area (Å²) in [7, 11) is -3.76. The molecule has 0 heterocycles. The Balaban J connectivity index is 1.60. The zero-order valence-corrected chi connectivity index (χ0v) is 18.9. The predicted molar refractivity (Wildman–Crippen MR) is 122 cm³/mol. The van der Waals surface area contributed by atoms with Crippen LogP contribution in [0.5, 0.6) is 5.75 Å². The van der Waals surface area contributed by atoms with Gasteiger partial charge in [0.05, 0.1) is 10.9 Å². The van der Waals surface area contributed by atoms with Gasteiger partial charge in [0, 0.05) is 5.69 Å². The molecule has 0 saturated carbocycles. The summed E-state index contributed by atoms with van der Waals surface area (Å²) in [6.07, 6.45) is 0. The molecular weight excluding hydrogens is 431 g/mol. The number of amides is 1. The molecule has 1 amide bonds. The molecular formula is C24H25FN2O4S. The van der Waals surface area contributed by atoms with Gasteiger partial charge in [-0.1, -0.05) is 29.8 Å². The zero-order chi connectivity index (χ0) is 23.3. The largest absolute Gasteiger partial charge is 0.484 e. The Labute approximate surface area is 187 Å². The molecule has 0 spiro atoms. The molecule has 0 bridgehead atoms. The second kappa shape index (κ2) is 9.82. The van der Waals surface area contributed by atoms with E-state index in [2.05, 4.69) is 10.0 Å². The highest BCUT2D eigenvalue weighted by Crippen LogP contribution is 2.24. The highest BCUT2D eigenvalue weighted by Gasteiger charge is 2.17. The maximum atomic E-state index is 13.0. The average Bonchev–Trinajstić information content (AvgIpc) is 2.74. The van der Waals surface area contributed by atoms with Gasteiger partial charge in [0.15, 0.2) is 6.61 Å². The highest BCUT2D eigenvalue weighted by atomic mass is 32.2. The van der Waals surface area contributed by atoms with Crippen molar-refractivity contribution in [1.82, 2.24) is 5.32 Å². The molecule has 1 atom stereocenters. The Morgan fingerprint density at radius 2 is 1.66 bits per heavy atom. The number of rotatable bonds is 8. The maximum absolute atomic E-state index is 13.0. The molecule has 0 aliphatic carbocycles. The number of carbonyl (C=O) groups is 1. The van der Waals surface area contributed by atoms with Crippen molar-refractivity contribution in [3.8, 4) is 5.75 Å². The van der Waals surface area contributed by atoms with E-state index in [9.17, 15) is 17.6 Å². The number of ether oxygens (including phenoxy) is 1. The number of aryl methyl sites for hydroxylation is 2. The monoisotopic (exact) mass is 456 g/mol. The summed E-state index contributed by atoms with van der Waals surface area (Å²) >= 11 is 0. The van der Waals surface area contributed by atoms with Crippen LogP contribution >= 0.6 is 0 Å². The van der Waals surface area contributed by atoms with Crippen molar-refractivity contribution in [2.45, 2.75) is 31.7 Å². The minimum atomic E-state index is -3.76. The Bertz CT molecular complexity index is 1190. The number of sulfonamides is 1. The first-order valence-electron chi connectivity index (χ1n) is 10.0. The van der Waals surface area contributed by atoms with Crippen molar-refractivity contribution >= 4 is 21.6 Å². The van der Waals surface area contributed by atoms with Crippen LogP contribution in [0, 0.1) is 19.7 Å². The lowest BCUT2D eigenvalue weighted by molar-refractivity contribution is -0.123. The molecule has 0 aliphatic rings. The van der Waals surface area contributed by atoms with Crippen molar-refractivity contribution in [1.29, 1.82) is 0 Å². The molecule has 0 fully saturated rings. The quantitative estimate of drug-likeness (QED) is 0.523. The Morgan fingerprint density at radius 1 is 1.00 bits per heavy atom. The molecule has 2 N–H and O–H groups in total. The smallest absolute Gasteiger partial charge is 0.261 e. The van der Waals surface area contributed by atoms with Crippen LogP contribution in [0.25, 0.3) is 0 Å². The number of benzene rings is 3. The molecule has 3 rings (SSSR count). The van der Waals surface area contributed by atoms with Crippen molar-refractivity contribution in [2.75, 3.05) is 11.3 Å². The minimum absolute atomic E-state index is 0.0947. The number of carbonyl (C=O) groups excluding carboxylic acids is 1. The van der Waals surface area contributed by atoms with Crippen molar-refractivity contribution in [3.05, 3.63) is 89.2 Å². The average molecular weight is 457 g/mol. The molecule has 0 aliphatic heterocycles. The van der Waals surface area contributed by atoms with Crippen molar-refractivity contribution < 1.29 is 22.3 Å². The van der Waals surface area contributed by atoms with Gasteiger partial charge in [-0.05, 0) is 74.4 Å². The third kappa shape index (κ3) is 6.07. The Morgan fingerprint density at radius 3 is 2.28 bits per heavy atom. The number of hydrogen-bond acceptors (Lipinski definition) is 4. The lowest BCUT2D eigenvalue weighted by Crippen LogP contribution is -2.31. The molecule has 32 heavy (non-hydrogen) atoms. The van der Waals surface area contributed by atoms with Crippen LogP contribution in [-0.4, -0.2) is 20.9 Å². The summed E-state index contributed by atoms with van der Waals surface area (Å²) in [5.41, 5.74) is 2.85. The molecule has 8 heteroatoms. The van der Waals surface area contributed by atoms with E-state index in [1.165, 1.54) is 30.3 Å². The Hall–Kier alpha value is -3.39. The standard InChI is InChI=1S/C24H25FN2O4S/c1-16-4-10-21(11-5-16)27-32(29,30)22-12-13-23(17(2)14-22)31-15-24(28)26-18(3)19-6-8-20(25)9-7-19/h4-14,18,27H,15H2,1-3H3,(H,26,28). The lowest BCUT2D eigenvalue weighted by Gasteiger charge is -2.16. The molecule has 6 nitrogen and oxygen atoms in total. The summed E-state index contributed by atoms with van der Waals surface area (Å²) in [5.74, 6) is -0.284. The summed E-state index contributed by atoms with van der Waals surface area (Å²) in [5, 5.41) is 2.78. The molecule has 3 aromatic carbocycles. The molecule has 0 aromatic heterocycles. The van der Waals surface area contributed by atoms with Gasteiger partial charge >= 0.3 is 0 Å². The molecule has 0 saturated heterocycles. The van der Waals surface area contributed by atoms with Gasteiger partial charge in [-0.2, -0.15) is 0 Å². The first-order valence-corrected chi connectivity index (χ1v) is 11.5. The fourth-order valence-corrected chi connectivity index (χ4v) is 4.19. The topological polar surface area (TPSA) is 84.5 Å². The second-order valence-electron chi connectivity index (χ2n) is 7.53. The van der Waals surface area contributed by atoms with Crippen LogP contribution in [0.3, 0.4) is 0 Å². The zero-order valence-electron chi connectivity index (χ0n) is 18.1. The molecule has 0 radical (unpaired) electrons. The van der Waals surface area contributed by atoms with Crippen LogP contribution in [0.2, 0.25) is 0 Å². The molecule has 168 valence electrons. The van der Waals surface area contributed by atoms with E-state index in [4.69, 9.17) is 4.74 Å². The molecule has 1 unspecified atom stereocenters. The first-order chi connectivity index (χ1) is 15.1. The third-order valence-corrected chi connectivity index (χ3v) is 6.25. The fourth-order valence-electron chi connectivity index (χ4n) is 3.05. The van der Waals surface area contributed by atoms with Crippen LogP contribution in [0.1, 0.15) is 29.7 Å². The lowest BCUT2D eigenvalue weighted by atomic mass is 10.1.